The molecule has 3 N–H and O–H groups in total. The molecule has 0 atom stereocenters. The van der Waals surface area contributed by atoms with E-state index >= 15 is 0 Å². The van der Waals surface area contributed by atoms with E-state index in [-0.39, 0.29) is 11.8 Å². The van der Waals surface area contributed by atoms with E-state index in [0.717, 1.165) is 12.1 Å². The number of aryl methyl sites for hydroxylation is 1. The average molecular weight is 354 g/mol. The zero-order valence-corrected chi connectivity index (χ0v) is 15.0. The van der Waals surface area contributed by atoms with Crippen molar-refractivity contribution >= 4 is 11.4 Å². The molecule has 1 aromatic heterocycles. The normalized spacial score (nSPS) is 10.6. The second kappa shape index (κ2) is 7.31. The molecule has 0 aliphatic heterocycles. The van der Waals surface area contributed by atoms with Gasteiger partial charge in [-0.1, -0.05) is 19.1 Å². The fourth-order valence-electron chi connectivity index (χ4n) is 2.77. The van der Waals surface area contributed by atoms with Gasteiger partial charge in [-0.05, 0) is 36.2 Å². The minimum absolute atomic E-state index is 0.112. The topological polar surface area (TPSA) is 75.9 Å². The number of aromatic nitrogens is 1. The van der Waals surface area contributed by atoms with Gasteiger partial charge in [0.05, 0.1) is 19.9 Å². The molecule has 0 aliphatic carbocycles. The van der Waals surface area contributed by atoms with Gasteiger partial charge in [0.25, 0.3) is 0 Å². The van der Waals surface area contributed by atoms with Gasteiger partial charge in [0, 0.05) is 17.8 Å². The van der Waals surface area contributed by atoms with Gasteiger partial charge in [0.15, 0.2) is 0 Å². The van der Waals surface area contributed by atoms with Crippen molar-refractivity contribution in [3.8, 4) is 28.9 Å². The van der Waals surface area contributed by atoms with Gasteiger partial charge in [0.2, 0.25) is 11.8 Å². The van der Waals surface area contributed by atoms with Crippen LogP contribution in [0.15, 0.2) is 48.5 Å². The second-order valence-electron chi connectivity index (χ2n) is 5.79. The lowest BCUT2D eigenvalue weighted by Crippen LogP contribution is -1.98. The minimum atomic E-state index is -0.120. The van der Waals surface area contributed by atoms with Crippen LogP contribution in [0.1, 0.15) is 12.5 Å². The first-order valence-electron chi connectivity index (χ1n) is 8.29. The highest BCUT2D eigenvalue weighted by Crippen LogP contribution is 2.40. The summed E-state index contributed by atoms with van der Waals surface area (Å²) in [5.74, 6) is 0.847. The first-order valence-corrected chi connectivity index (χ1v) is 8.29. The third kappa shape index (κ3) is 3.26. The zero-order valence-electron chi connectivity index (χ0n) is 15.0. The number of aromatic hydroxyl groups is 2. The fourth-order valence-corrected chi connectivity index (χ4v) is 2.77. The Balaban J connectivity index is 1.97. The summed E-state index contributed by atoms with van der Waals surface area (Å²) in [5, 5.41) is 24.1. The molecule has 1 heterocycles. The SMILES string of the molecule is CCc1ccc(Nc2cc(O)n(-c3ccc(OC)cc3OC)c2O)cc1. The highest BCUT2D eigenvalue weighted by atomic mass is 16.5. The van der Waals surface area contributed by atoms with E-state index in [1.807, 2.05) is 24.3 Å². The van der Waals surface area contributed by atoms with Crippen LogP contribution >= 0.6 is 0 Å². The summed E-state index contributed by atoms with van der Waals surface area (Å²) in [7, 11) is 3.08. The van der Waals surface area contributed by atoms with Crippen LogP contribution in [0.4, 0.5) is 11.4 Å². The molecule has 0 unspecified atom stereocenters. The van der Waals surface area contributed by atoms with E-state index in [4.69, 9.17) is 9.47 Å². The highest BCUT2D eigenvalue weighted by molar-refractivity contribution is 5.70. The van der Waals surface area contributed by atoms with Crippen LogP contribution in [0.3, 0.4) is 0 Å². The molecule has 0 amide bonds. The van der Waals surface area contributed by atoms with Gasteiger partial charge >= 0.3 is 0 Å². The smallest absolute Gasteiger partial charge is 0.223 e. The van der Waals surface area contributed by atoms with E-state index < -0.39 is 0 Å². The summed E-state index contributed by atoms with van der Waals surface area (Å²) in [6.45, 7) is 2.09. The van der Waals surface area contributed by atoms with Gasteiger partial charge in [-0.15, -0.1) is 0 Å². The Labute approximate surface area is 152 Å². The number of ether oxygens (including phenoxy) is 2. The van der Waals surface area contributed by atoms with Crippen LogP contribution in [-0.2, 0) is 6.42 Å². The molecule has 0 saturated heterocycles. The molecule has 6 nitrogen and oxygen atoms in total. The summed E-state index contributed by atoms with van der Waals surface area (Å²) in [6, 6.07) is 14.5. The first kappa shape index (κ1) is 17.5. The molecular weight excluding hydrogens is 332 g/mol. The monoisotopic (exact) mass is 354 g/mol. The minimum Gasteiger partial charge on any atom is -0.497 e. The lowest BCUT2D eigenvalue weighted by Gasteiger charge is -2.13. The molecule has 0 fully saturated rings. The number of rotatable bonds is 6. The van der Waals surface area contributed by atoms with Crippen molar-refractivity contribution in [2.75, 3.05) is 19.5 Å². The van der Waals surface area contributed by atoms with Crippen molar-refractivity contribution in [2.45, 2.75) is 13.3 Å². The lowest BCUT2D eigenvalue weighted by molar-refractivity contribution is 0.380. The van der Waals surface area contributed by atoms with Gasteiger partial charge in [-0.3, -0.25) is 0 Å². The first-order chi connectivity index (χ1) is 12.6. The number of nitrogens with zero attached hydrogens (tertiary/aromatic N) is 1. The Bertz CT molecular complexity index is 901. The van der Waals surface area contributed by atoms with Crippen molar-refractivity contribution in [2.24, 2.45) is 0 Å². The maximum Gasteiger partial charge on any atom is 0.223 e. The molecule has 26 heavy (non-hydrogen) atoms. The molecule has 3 aromatic rings. The predicted octanol–water partition coefficient (Wildman–Crippen LogP) is 4.21. The number of anilines is 2. The average Bonchev–Trinajstić information content (AvgIpc) is 2.95. The molecule has 3 rings (SSSR count). The van der Waals surface area contributed by atoms with E-state index in [1.165, 1.54) is 23.3 Å². The molecule has 0 bridgehead atoms. The number of hydrogen-bond donors (Lipinski definition) is 3. The van der Waals surface area contributed by atoms with Crippen molar-refractivity contribution in [1.82, 2.24) is 4.57 Å². The van der Waals surface area contributed by atoms with Crippen LogP contribution in [0.5, 0.6) is 23.3 Å². The Morgan fingerprint density at radius 3 is 2.31 bits per heavy atom. The van der Waals surface area contributed by atoms with Crippen LogP contribution in [0.2, 0.25) is 0 Å². The number of benzene rings is 2. The molecule has 136 valence electrons. The summed E-state index contributed by atoms with van der Waals surface area (Å²) in [5.41, 5.74) is 2.93. The molecule has 6 heteroatoms. The van der Waals surface area contributed by atoms with Crippen molar-refractivity contribution in [3.05, 3.63) is 54.1 Å². The van der Waals surface area contributed by atoms with Gasteiger partial charge in [0.1, 0.15) is 17.2 Å². The van der Waals surface area contributed by atoms with Crippen LogP contribution in [-0.4, -0.2) is 29.0 Å². The molecule has 0 aliphatic rings. The van der Waals surface area contributed by atoms with E-state index in [0.29, 0.717) is 22.9 Å². The van der Waals surface area contributed by atoms with Crippen LogP contribution in [0.25, 0.3) is 5.69 Å². The van der Waals surface area contributed by atoms with Crippen LogP contribution in [0, 0.1) is 0 Å². The maximum absolute atomic E-state index is 10.6. The molecule has 0 saturated carbocycles. The predicted molar refractivity (Wildman–Crippen MR) is 101 cm³/mol. The van der Waals surface area contributed by atoms with Crippen LogP contribution < -0.4 is 14.8 Å². The van der Waals surface area contributed by atoms with E-state index in [1.54, 1.807) is 25.3 Å². The van der Waals surface area contributed by atoms with Crippen molar-refractivity contribution in [3.63, 3.8) is 0 Å². The maximum atomic E-state index is 10.6. The quantitative estimate of drug-likeness (QED) is 0.618. The lowest BCUT2D eigenvalue weighted by atomic mass is 10.1. The molecular formula is C20H22N2O4. The Morgan fingerprint density at radius 1 is 0.962 bits per heavy atom. The summed E-state index contributed by atoms with van der Waals surface area (Å²) in [6.07, 6.45) is 0.958. The largest absolute Gasteiger partial charge is 0.497 e. The molecule has 2 aromatic carbocycles. The fraction of sp³-hybridized carbons (Fsp3) is 0.200. The number of nitrogens with one attached hydrogen (secondary N) is 1. The summed E-state index contributed by atoms with van der Waals surface area (Å²) >= 11 is 0. The Hall–Kier alpha value is -3.28. The highest BCUT2D eigenvalue weighted by Gasteiger charge is 2.19. The van der Waals surface area contributed by atoms with Crippen molar-refractivity contribution < 1.29 is 19.7 Å². The van der Waals surface area contributed by atoms with Gasteiger partial charge in [-0.25, -0.2) is 4.57 Å². The van der Waals surface area contributed by atoms with E-state index in [2.05, 4.69) is 12.2 Å². The summed E-state index contributed by atoms with van der Waals surface area (Å²) in [4.78, 5) is 0. The summed E-state index contributed by atoms with van der Waals surface area (Å²) < 4.78 is 11.9. The Morgan fingerprint density at radius 2 is 1.69 bits per heavy atom. The third-order valence-electron chi connectivity index (χ3n) is 4.22. The number of hydrogen-bond acceptors (Lipinski definition) is 5. The molecule has 0 radical (unpaired) electrons. The third-order valence-corrected chi connectivity index (χ3v) is 4.22. The number of methoxy groups -OCH3 is 2. The Kier molecular flexibility index (Phi) is 4.93. The van der Waals surface area contributed by atoms with Gasteiger partial charge in [-0.2, -0.15) is 0 Å². The standard InChI is InChI=1S/C20H22N2O4/c1-4-13-5-7-14(8-6-13)21-16-12-19(23)22(20(16)24)17-10-9-15(25-2)11-18(17)26-3/h5-12,21,23-24H,4H2,1-3H3. The van der Waals surface area contributed by atoms with Gasteiger partial charge < -0.3 is 25.0 Å². The zero-order chi connectivity index (χ0) is 18.7. The molecule has 0 spiro atoms. The van der Waals surface area contributed by atoms with Crippen molar-refractivity contribution in [1.29, 1.82) is 0 Å². The second-order valence-corrected chi connectivity index (χ2v) is 5.79. The van der Waals surface area contributed by atoms with E-state index in [9.17, 15) is 10.2 Å².